The Bertz CT molecular complexity index is 506. The van der Waals surface area contributed by atoms with E-state index in [1.165, 1.54) is 36.4 Å². The summed E-state index contributed by atoms with van der Waals surface area (Å²) in [6.07, 6.45) is 2.78. The Balaban J connectivity index is 2.69. The highest BCUT2D eigenvalue weighted by atomic mass is 16.6. The number of nitrogens with zero attached hydrogens (tertiary/aromatic N) is 1. The molecule has 100 valence electrons. The van der Waals surface area contributed by atoms with E-state index < -0.39 is 22.8 Å². The van der Waals surface area contributed by atoms with Crippen molar-refractivity contribution < 1.29 is 24.7 Å². The molecule has 0 unspecified atom stereocenters. The number of rotatable bonds is 6. The third kappa shape index (κ3) is 4.23. The van der Waals surface area contributed by atoms with Gasteiger partial charge in [0.1, 0.15) is 0 Å². The lowest BCUT2D eigenvalue weighted by atomic mass is 10.1. The molecule has 0 aliphatic rings. The van der Waals surface area contributed by atoms with Crippen LogP contribution in [0.5, 0.6) is 0 Å². The van der Waals surface area contributed by atoms with Crippen LogP contribution in [-0.4, -0.2) is 27.1 Å². The van der Waals surface area contributed by atoms with Crippen molar-refractivity contribution in [2.24, 2.45) is 5.92 Å². The molecule has 0 saturated carbocycles. The summed E-state index contributed by atoms with van der Waals surface area (Å²) in [5.74, 6) is -4.30. The summed E-state index contributed by atoms with van der Waals surface area (Å²) in [5, 5.41) is 27.7. The molecule has 0 aliphatic heterocycles. The molecular weight excluding hydrogens is 254 g/mol. The maximum Gasteiger partial charge on any atom is 0.318 e. The molecule has 0 saturated heterocycles. The summed E-state index contributed by atoms with van der Waals surface area (Å²) in [7, 11) is 0. The summed E-state index contributed by atoms with van der Waals surface area (Å²) in [6.45, 7) is 0. The predicted molar refractivity (Wildman–Crippen MR) is 65.5 cm³/mol. The smallest absolute Gasteiger partial charge is 0.318 e. The Morgan fingerprint density at radius 1 is 1.21 bits per heavy atom. The summed E-state index contributed by atoms with van der Waals surface area (Å²) in [5.41, 5.74) is 0.575. The molecule has 0 radical (unpaired) electrons. The molecule has 0 atom stereocenters. The second kappa shape index (κ2) is 6.29. The number of allylic oxidation sites excluding steroid dienone is 1. The minimum Gasteiger partial charge on any atom is -0.481 e. The number of non-ortho nitro benzene ring substituents is 1. The van der Waals surface area contributed by atoms with E-state index >= 15 is 0 Å². The van der Waals surface area contributed by atoms with E-state index in [1.807, 2.05) is 0 Å². The lowest BCUT2D eigenvalue weighted by Crippen LogP contribution is -2.22. The van der Waals surface area contributed by atoms with E-state index in [9.17, 15) is 19.7 Å². The number of nitro groups is 1. The Hall–Kier alpha value is -2.70. The molecule has 0 aromatic heterocycles. The average Bonchev–Trinajstić information content (AvgIpc) is 2.34. The second-order valence-corrected chi connectivity index (χ2v) is 3.72. The first-order valence-corrected chi connectivity index (χ1v) is 5.28. The van der Waals surface area contributed by atoms with E-state index in [-0.39, 0.29) is 12.1 Å². The van der Waals surface area contributed by atoms with Crippen molar-refractivity contribution >= 4 is 23.7 Å². The SMILES string of the molecule is O=C(O)C(CC=Cc1ccc([N+](=O)[O-])cc1)C(=O)O. The van der Waals surface area contributed by atoms with Gasteiger partial charge in [-0.3, -0.25) is 19.7 Å². The van der Waals surface area contributed by atoms with Gasteiger partial charge in [0.25, 0.3) is 5.69 Å². The molecular formula is C12H11NO6. The van der Waals surface area contributed by atoms with Gasteiger partial charge in [-0.15, -0.1) is 0 Å². The van der Waals surface area contributed by atoms with Crippen molar-refractivity contribution in [1.82, 2.24) is 0 Å². The zero-order valence-corrected chi connectivity index (χ0v) is 9.72. The van der Waals surface area contributed by atoms with Crippen LogP contribution in [0.4, 0.5) is 5.69 Å². The van der Waals surface area contributed by atoms with Gasteiger partial charge in [-0.2, -0.15) is 0 Å². The second-order valence-electron chi connectivity index (χ2n) is 3.72. The minimum atomic E-state index is -1.49. The van der Waals surface area contributed by atoms with Crippen LogP contribution in [0.15, 0.2) is 30.3 Å². The van der Waals surface area contributed by atoms with Crippen LogP contribution in [0, 0.1) is 16.0 Å². The highest BCUT2D eigenvalue weighted by molar-refractivity contribution is 5.93. The number of benzene rings is 1. The first-order chi connectivity index (χ1) is 8.91. The van der Waals surface area contributed by atoms with E-state index in [1.54, 1.807) is 0 Å². The molecule has 0 heterocycles. The predicted octanol–water partition coefficient (Wildman–Crippen LogP) is 1.78. The highest BCUT2D eigenvalue weighted by Crippen LogP contribution is 2.14. The number of hydrogen-bond donors (Lipinski definition) is 2. The van der Waals surface area contributed by atoms with Crippen molar-refractivity contribution in [1.29, 1.82) is 0 Å². The summed E-state index contributed by atoms with van der Waals surface area (Å²) >= 11 is 0. The van der Waals surface area contributed by atoms with Crippen LogP contribution in [-0.2, 0) is 9.59 Å². The Morgan fingerprint density at radius 2 is 1.74 bits per heavy atom. The fourth-order valence-electron chi connectivity index (χ4n) is 1.35. The average molecular weight is 265 g/mol. The Kier molecular flexibility index (Phi) is 4.76. The van der Waals surface area contributed by atoms with Gasteiger partial charge in [-0.1, -0.05) is 12.2 Å². The molecule has 7 heteroatoms. The molecule has 0 spiro atoms. The van der Waals surface area contributed by atoms with Gasteiger partial charge in [0.2, 0.25) is 0 Å². The number of nitro benzene ring substituents is 1. The normalized spacial score (nSPS) is 10.8. The summed E-state index contributed by atoms with van der Waals surface area (Å²) in [4.78, 5) is 31.1. The lowest BCUT2D eigenvalue weighted by molar-refractivity contribution is -0.384. The van der Waals surface area contributed by atoms with E-state index in [2.05, 4.69) is 0 Å². The standard InChI is InChI=1S/C12H11NO6/c14-11(15)10(12(16)17)3-1-2-8-4-6-9(7-5-8)13(18)19/h1-2,4-7,10H,3H2,(H,14,15)(H,16,17). The monoisotopic (exact) mass is 265 g/mol. The molecule has 0 fully saturated rings. The topological polar surface area (TPSA) is 118 Å². The Labute approximate surface area is 107 Å². The van der Waals surface area contributed by atoms with Crippen LogP contribution in [0.2, 0.25) is 0 Å². The quantitative estimate of drug-likeness (QED) is 0.460. The molecule has 1 aromatic carbocycles. The van der Waals surface area contributed by atoms with Crippen molar-refractivity contribution in [3.63, 3.8) is 0 Å². The van der Waals surface area contributed by atoms with Gasteiger partial charge >= 0.3 is 11.9 Å². The van der Waals surface area contributed by atoms with Crippen molar-refractivity contribution in [3.8, 4) is 0 Å². The van der Waals surface area contributed by atoms with Gasteiger partial charge < -0.3 is 10.2 Å². The highest BCUT2D eigenvalue weighted by Gasteiger charge is 2.23. The molecule has 0 amide bonds. The first kappa shape index (κ1) is 14.4. The molecule has 0 bridgehead atoms. The molecule has 0 aliphatic carbocycles. The van der Waals surface area contributed by atoms with Crippen molar-refractivity contribution in [3.05, 3.63) is 46.0 Å². The third-order valence-electron chi connectivity index (χ3n) is 2.38. The van der Waals surface area contributed by atoms with Crippen LogP contribution in [0.3, 0.4) is 0 Å². The largest absolute Gasteiger partial charge is 0.481 e. The van der Waals surface area contributed by atoms with Gasteiger partial charge in [0.05, 0.1) is 4.92 Å². The van der Waals surface area contributed by atoms with E-state index in [0.717, 1.165) is 0 Å². The number of carboxylic acids is 2. The minimum absolute atomic E-state index is 0.0499. The Morgan fingerprint density at radius 3 is 2.16 bits per heavy atom. The zero-order chi connectivity index (χ0) is 14.4. The molecule has 19 heavy (non-hydrogen) atoms. The fourth-order valence-corrected chi connectivity index (χ4v) is 1.35. The van der Waals surface area contributed by atoms with Gasteiger partial charge in [0.15, 0.2) is 5.92 Å². The number of carboxylic acid groups (broad SMARTS) is 2. The van der Waals surface area contributed by atoms with Crippen LogP contribution >= 0.6 is 0 Å². The van der Waals surface area contributed by atoms with Crippen LogP contribution < -0.4 is 0 Å². The number of hydrogen-bond acceptors (Lipinski definition) is 4. The molecule has 7 nitrogen and oxygen atoms in total. The van der Waals surface area contributed by atoms with E-state index in [0.29, 0.717) is 5.56 Å². The van der Waals surface area contributed by atoms with Crippen molar-refractivity contribution in [2.75, 3.05) is 0 Å². The number of carbonyl (C=O) groups is 2. The summed E-state index contributed by atoms with van der Waals surface area (Å²) in [6, 6.07) is 5.60. The van der Waals surface area contributed by atoms with Crippen molar-refractivity contribution in [2.45, 2.75) is 6.42 Å². The first-order valence-electron chi connectivity index (χ1n) is 5.28. The lowest BCUT2D eigenvalue weighted by Gasteiger charge is -2.02. The number of aliphatic carboxylic acids is 2. The van der Waals surface area contributed by atoms with Crippen LogP contribution in [0.25, 0.3) is 6.08 Å². The maximum atomic E-state index is 10.6. The third-order valence-corrected chi connectivity index (χ3v) is 2.38. The van der Waals surface area contributed by atoms with E-state index in [4.69, 9.17) is 10.2 Å². The molecule has 1 rings (SSSR count). The zero-order valence-electron chi connectivity index (χ0n) is 9.72. The summed E-state index contributed by atoms with van der Waals surface area (Å²) < 4.78 is 0. The molecule has 1 aromatic rings. The van der Waals surface area contributed by atoms with Gasteiger partial charge in [0, 0.05) is 12.1 Å². The van der Waals surface area contributed by atoms with Gasteiger partial charge in [-0.25, -0.2) is 0 Å². The van der Waals surface area contributed by atoms with Crippen LogP contribution in [0.1, 0.15) is 12.0 Å². The molecule has 2 N–H and O–H groups in total. The maximum absolute atomic E-state index is 10.6. The van der Waals surface area contributed by atoms with Gasteiger partial charge in [-0.05, 0) is 24.1 Å². The fraction of sp³-hybridized carbons (Fsp3) is 0.167.